The van der Waals surface area contributed by atoms with E-state index in [1.165, 1.54) is 21.9 Å². The Kier molecular flexibility index (Phi) is 12.3. The maximum Gasteiger partial charge on any atom is 0.270 e. The third kappa shape index (κ3) is 8.34. The predicted molar refractivity (Wildman–Crippen MR) is 230 cm³/mol. The Hall–Kier alpha value is -5.51. The molecule has 5 nitrogen and oxygen atoms in total. The van der Waals surface area contributed by atoms with E-state index in [0.29, 0.717) is 23.3 Å². The second-order valence-electron chi connectivity index (χ2n) is 15.4. The molecule has 4 aromatic heterocycles. The molecular weight excluding hydrogens is 881 g/mol. The molecule has 8 aromatic rings. The van der Waals surface area contributed by atoms with Crippen molar-refractivity contribution >= 4 is 41.0 Å². The average Bonchev–Trinajstić information content (AvgIpc) is 3.60. The van der Waals surface area contributed by atoms with Crippen LogP contribution in [0, 0.1) is 18.7 Å². The zero-order chi connectivity index (χ0) is 38.7. The number of hydrogen-bond acceptors (Lipinski definition) is 4. The molecule has 0 aliphatic rings. The molecule has 0 spiro atoms. The van der Waals surface area contributed by atoms with E-state index in [0.717, 1.165) is 55.6 Å². The molecule has 281 valence electrons. The molecule has 0 unspecified atom stereocenters. The van der Waals surface area contributed by atoms with Gasteiger partial charge in [0.05, 0.1) is 19.2 Å². The first-order chi connectivity index (χ1) is 26.5. The van der Waals surface area contributed by atoms with Gasteiger partial charge in [0, 0.05) is 37.9 Å². The van der Waals surface area contributed by atoms with Crippen molar-refractivity contribution in [1.82, 2.24) is 15.0 Å². The SMILES string of the molecule is C[Si](C)(C)c1ccc(-c2[c-]cccc2)nc1.[C-]#[N+]c1cccc(-c2cccc3c2oc2c(-c4cc(-c5c(C(C)C)cccc5C(C)C)ccn4)[c-]ccc23)n1.[Ir]. The third-order valence-corrected chi connectivity index (χ3v) is 11.9. The molecule has 0 fully saturated rings. The second kappa shape index (κ2) is 17.1. The summed E-state index contributed by atoms with van der Waals surface area (Å²) in [7, 11) is -1.23. The Bertz CT molecular complexity index is 2630. The van der Waals surface area contributed by atoms with Gasteiger partial charge in [-0.15, -0.1) is 59.1 Å². The van der Waals surface area contributed by atoms with E-state index < -0.39 is 8.07 Å². The minimum Gasteiger partial charge on any atom is -0.500 e. The van der Waals surface area contributed by atoms with Crippen LogP contribution < -0.4 is 5.19 Å². The van der Waals surface area contributed by atoms with E-state index in [1.807, 2.05) is 73.1 Å². The summed E-state index contributed by atoms with van der Waals surface area (Å²) in [5, 5.41) is 3.39. The fourth-order valence-electron chi connectivity index (χ4n) is 6.95. The van der Waals surface area contributed by atoms with Gasteiger partial charge in [0.25, 0.3) is 5.82 Å². The topological polar surface area (TPSA) is 56.2 Å². The van der Waals surface area contributed by atoms with Gasteiger partial charge < -0.3 is 19.2 Å². The van der Waals surface area contributed by atoms with Crippen LogP contribution in [0.2, 0.25) is 19.6 Å². The summed E-state index contributed by atoms with van der Waals surface area (Å²) in [4.78, 5) is 17.3. The number of hydrogen-bond donors (Lipinski definition) is 0. The first-order valence-corrected chi connectivity index (χ1v) is 22.3. The zero-order valence-electron chi connectivity index (χ0n) is 32.8. The minimum atomic E-state index is -1.23. The Morgan fingerprint density at radius 1 is 0.679 bits per heavy atom. The van der Waals surface area contributed by atoms with Crippen molar-refractivity contribution in [3.8, 4) is 44.9 Å². The van der Waals surface area contributed by atoms with Crippen LogP contribution in [0.1, 0.15) is 50.7 Å². The van der Waals surface area contributed by atoms with Gasteiger partial charge in [-0.25, -0.2) is 0 Å². The first-order valence-electron chi connectivity index (χ1n) is 18.8. The number of para-hydroxylation sites is 1. The van der Waals surface area contributed by atoms with E-state index in [2.05, 4.69) is 123 Å². The normalized spacial score (nSPS) is 11.3. The second-order valence-corrected chi connectivity index (χ2v) is 20.5. The Balaban J connectivity index is 0.000000263. The summed E-state index contributed by atoms with van der Waals surface area (Å²) in [5.74, 6) is 1.15. The van der Waals surface area contributed by atoms with E-state index in [1.54, 1.807) is 6.07 Å². The van der Waals surface area contributed by atoms with Crippen molar-refractivity contribution < 1.29 is 24.5 Å². The molecule has 0 atom stereocenters. The molecule has 0 bridgehead atoms. The predicted octanol–water partition coefficient (Wildman–Crippen LogP) is 13.1. The van der Waals surface area contributed by atoms with Gasteiger partial charge in [0.2, 0.25) is 0 Å². The van der Waals surface area contributed by atoms with Gasteiger partial charge in [0.1, 0.15) is 5.58 Å². The molecule has 4 aromatic carbocycles. The van der Waals surface area contributed by atoms with E-state index in [4.69, 9.17) is 16.0 Å². The first kappa shape index (κ1) is 40.2. The van der Waals surface area contributed by atoms with Crippen molar-refractivity contribution in [2.75, 3.05) is 0 Å². The molecule has 0 saturated carbocycles. The van der Waals surface area contributed by atoms with E-state index >= 15 is 0 Å². The Labute approximate surface area is 345 Å². The summed E-state index contributed by atoms with van der Waals surface area (Å²) in [6.45, 7) is 23.3. The fourth-order valence-corrected chi connectivity index (χ4v) is 7.98. The number of furan rings is 1. The van der Waals surface area contributed by atoms with Crippen LogP contribution in [0.15, 0.2) is 132 Å². The summed E-state index contributed by atoms with van der Waals surface area (Å²) in [6.07, 6.45) is 3.90. The van der Waals surface area contributed by atoms with Gasteiger partial charge >= 0.3 is 0 Å². The van der Waals surface area contributed by atoms with Crippen LogP contribution in [0.5, 0.6) is 0 Å². The van der Waals surface area contributed by atoms with Crippen molar-refractivity contribution in [3.63, 3.8) is 0 Å². The summed E-state index contributed by atoms with van der Waals surface area (Å²) >= 11 is 0. The maximum absolute atomic E-state index is 7.36. The van der Waals surface area contributed by atoms with Crippen LogP contribution in [0.25, 0.3) is 71.7 Å². The molecule has 1 radical (unpaired) electrons. The molecule has 0 N–H and O–H groups in total. The van der Waals surface area contributed by atoms with Crippen LogP contribution in [0.4, 0.5) is 5.82 Å². The summed E-state index contributed by atoms with van der Waals surface area (Å²) in [6, 6.07) is 45.2. The van der Waals surface area contributed by atoms with Crippen molar-refractivity contribution in [1.29, 1.82) is 0 Å². The van der Waals surface area contributed by atoms with Gasteiger partial charge in [-0.1, -0.05) is 119 Å². The van der Waals surface area contributed by atoms with Crippen molar-refractivity contribution in [2.24, 2.45) is 0 Å². The largest absolute Gasteiger partial charge is 0.500 e. The van der Waals surface area contributed by atoms with Crippen molar-refractivity contribution in [3.05, 3.63) is 162 Å². The minimum absolute atomic E-state index is 0. The van der Waals surface area contributed by atoms with Gasteiger partial charge in [-0.3, -0.25) is 0 Å². The number of rotatable bonds is 7. The zero-order valence-corrected chi connectivity index (χ0v) is 36.2. The van der Waals surface area contributed by atoms with E-state index in [9.17, 15) is 0 Å². The molecule has 0 amide bonds. The van der Waals surface area contributed by atoms with E-state index in [-0.39, 0.29) is 20.1 Å². The third-order valence-electron chi connectivity index (χ3n) is 9.88. The Morgan fingerprint density at radius 2 is 1.41 bits per heavy atom. The molecule has 0 saturated heterocycles. The van der Waals surface area contributed by atoms with Crippen LogP contribution in [0.3, 0.4) is 0 Å². The van der Waals surface area contributed by atoms with Crippen molar-refractivity contribution in [2.45, 2.75) is 59.2 Å². The average molecular weight is 925 g/mol. The molecule has 7 heteroatoms. The van der Waals surface area contributed by atoms with Crippen LogP contribution >= 0.6 is 0 Å². The number of nitrogens with zero attached hydrogens (tertiary/aromatic N) is 4. The molecule has 0 aliphatic heterocycles. The monoisotopic (exact) mass is 925 g/mol. The molecule has 0 aliphatic carbocycles. The quantitative estimate of drug-likeness (QED) is 0.118. The molecule has 4 heterocycles. The van der Waals surface area contributed by atoms with Gasteiger partial charge in [0.15, 0.2) is 5.69 Å². The van der Waals surface area contributed by atoms with Crippen LogP contribution in [-0.2, 0) is 20.1 Å². The van der Waals surface area contributed by atoms with Crippen LogP contribution in [-0.4, -0.2) is 23.0 Å². The van der Waals surface area contributed by atoms with Gasteiger partial charge in [-0.05, 0) is 74.9 Å². The maximum atomic E-state index is 7.36. The molecular formula is C49H44IrN4OSi-2. The Morgan fingerprint density at radius 3 is 2.07 bits per heavy atom. The standard InChI is InChI=1S/C35H28N3O.C14H16NSi.Ir/c1-21(2)24-10-6-11-25(22(3)4)33(24)23-18-19-37-31(20-23)29-15-8-13-27-26-12-7-14-28(34(26)39-35(27)29)30-16-9-17-32(36-5)38-30;1-16(2,3)13-9-10-14(15-11-13)12-7-5-4-6-8-12;/h6-14,16-22H,1-4H3;4-7,9-11H,1-3H3;/q2*-1;. The number of pyridine rings is 3. The number of aromatic nitrogens is 3. The molecule has 8 rings (SSSR count). The number of benzene rings is 4. The molecule has 56 heavy (non-hydrogen) atoms. The fraction of sp³-hybridized carbons (Fsp3) is 0.184. The number of fused-ring (bicyclic) bond motifs is 3. The summed E-state index contributed by atoms with van der Waals surface area (Å²) < 4.78 is 6.58. The summed E-state index contributed by atoms with van der Waals surface area (Å²) in [5.41, 5.74) is 11.9. The van der Waals surface area contributed by atoms with Gasteiger partial charge in [-0.2, -0.15) is 0 Å². The smallest absolute Gasteiger partial charge is 0.270 e.